The van der Waals surface area contributed by atoms with E-state index in [-0.39, 0.29) is 23.5 Å². The van der Waals surface area contributed by atoms with E-state index in [0.29, 0.717) is 6.42 Å². The molecule has 0 radical (unpaired) electrons. The van der Waals surface area contributed by atoms with Crippen molar-refractivity contribution in [1.29, 1.82) is 0 Å². The van der Waals surface area contributed by atoms with E-state index in [2.05, 4.69) is 10.5 Å². The number of ketones is 1. The van der Waals surface area contributed by atoms with Gasteiger partial charge in [0.2, 0.25) is 0 Å². The molecule has 35 heavy (non-hydrogen) atoms. The van der Waals surface area contributed by atoms with Crippen LogP contribution in [-0.4, -0.2) is 40.6 Å². The standard InChI is InChI=1S/C27H25N3O5/c1-16(31)25(28)24-14-23(30-35-24)20-12-10-19(11-13-20)18-8-6-17(7-9-18)15-29-26(32)21-4-2-3-5-22(21)27(33)34/h2-13,24-25H,14-15,28H2,1H3,(H,29,32)(H,33,34)/t24?,25-/m0/s1. The SMILES string of the molecule is CC(=O)[C@H](N)C1CC(c2ccc(-c3ccc(CNC(=O)c4ccccc4C(=O)O)cc3)cc2)=NO1. The first-order valence-electron chi connectivity index (χ1n) is 11.1. The zero-order chi connectivity index (χ0) is 24.9. The third-order valence-electron chi connectivity index (χ3n) is 5.92. The number of hydrogen-bond acceptors (Lipinski definition) is 6. The van der Waals surface area contributed by atoms with Crippen LogP contribution in [-0.2, 0) is 16.2 Å². The van der Waals surface area contributed by atoms with Gasteiger partial charge >= 0.3 is 5.97 Å². The highest BCUT2D eigenvalue weighted by atomic mass is 16.6. The summed E-state index contributed by atoms with van der Waals surface area (Å²) in [5.74, 6) is -1.71. The molecule has 0 bridgehead atoms. The number of nitrogens with zero attached hydrogens (tertiary/aromatic N) is 1. The molecule has 0 fully saturated rings. The van der Waals surface area contributed by atoms with Gasteiger partial charge in [0.25, 0.3) is 5.91 Å². The number of hydrogen-bond donors (Lipinski definition) is 3. The van der Waals surface area contributed by atoms with Crippen LogP contribution in [0.4, 0.5) is 0 Å². The van der Waals surface area contributed by atoms with Crippen molar-refractivity contribution in [3.8, 4) is 11.1 Å². The highest BCUT2D eigenvalue weighted by Crippen LogP contribution is 2.24. The Kier molecular flexibility index (Phi) is 7.03. The Labute approximate surface area is 202 Å². The number of carboxylic acids is 1. The van der Waals surface area contributed by atoms with Crippen LogP contribution in [0.3, 0.4) is 0 Å². The van der Waals surface area contributed by atoms with Gasteiger partial charge in [0.05, 0.1) is 16.8 Å². The number of carboxylic acid groups (broad SMARTS) is 1. The normalized spacial score (nSPS) is 15.6. The van der Waals surface area contributed by atoms with Crippen molar-refractivity contribution < 1.29 is 24.3 Å². The van der Waals surface area contributed by atoms with Crippen molar-refractivity contribution in [1.82, 2.24) is 5.32 Å². The molecule has 0 aliphatic carbocycles. The number of rotatable bonds is 8. The Morgan fingerprint density at radius 3 is 2.14 bits per heavy atom. The summed E-state index contributed by atoms with van der Waals surface area (Å²) >= 11 is 0. The third-order valence-corrected chi connectivity index (χ3v) is 5.92. The zero-order valence-corrected chi connectivity index (χ0v) is 19.1. The molecule has 8 heteroatoms. The maximum atomic E-state index is 12.4. The topological polar surface area (TPSA) is 131 Å². The van der Waals surface area contributed by atoms with Gasteiger partial charge in [-0.05, 0) is 41.3 Å². The predicted molar refractivity (Wildman–Crippen MR) is 131 cm³/mol. The largest absolute Gasteiger partial charge is 0.478 e. The summed E-state index contributed by atoms with van der Waals surface area (Å²) in [7, 11) is 0. The molecule has 3 aromatic carbocycles. The molecule has 4 N–H and O–H groups in total. The van der Waals surface area contributed by atoms with Crippen LogP contribution in [0.5, 0.6) is 0 Å². The lowest BCUT2D eigenvalue weighted by atomic mass is 9.97. The number of carbonyl (C=O) groups excluding carboxylic acids is 2. The molecule has 1 amide bonds. The first-order chi connectivity index (χ1) is 16.8. The molecule has 3 aromatic rings. The number of carbonyl (C=O) groups is 3. The van der Waals surface area contributed by atoms with E-state index in [0.717, 1.165) is 28.0 Å². The fourth-order valence-electron chi connectivity index (χ4n) is 3.84. The molecule has 4 rings (SSSR count). The number of aromatic carboxylic acids is 1. The minimum atomic E-state index is -1.14. The highest BCUT2D eigenvalue weighted by molar-refractivity contribution is 6.04. The highest BCUT2D eigenvalue weighted by Gasteiger charge is 2.30. The smallest absolute Gasteiger partial charge is 0.336 e. The Hall–Kier alpha value is -4.30. The summed E-state index contributed by atoms with van der Waals surface area (Å²) in [6.07, 6.45) is 0.0464. The van der Waals surface area contributed by atoms with E-state index in [1.165, 1.54) is 19.1 Å². The van der Waals surface area contributed by atoms with Gasteiger partial charge < -0.3 is 21.0 Å². The lowest BCUT2D eigenvalue weighted by molar-refractivity contribution is -0.121. The molecule has 0 saturated heterocycles. The van der Waals surface area contributed by atoms with E-state index in [1.807, 2.05) is 48.5 Å². The average molecular weight is 472 g/mol. The summed E-state index contributed by atoms with van der Waals surface area (Å²) in [6, 6.07) is 21.0. The van der Waals surface area contributed by atoms with Crippen LogP contribution < -0.4 is 11.1 Å². The van der Waals surface area contributed by atoms with Crippen molar-refractivity contribution in [3.05, 3.63) is 95.1 Å². The van der Waals surface area contributed by atoms with Crippen molar-refractivity contribution >= 4 is 23.4 Å². The number of Topliss-reactive ketones (excluding diaryl/α,β-unsaturated/α-hetero) is 1. The first-order valence-corrected chi connectivity index (χ1v) is 11.1. The van der Waals surface area contributed by atoms with Gasteiger partial charge in [-0.25, -0.2) is 4.79 Å². The van der Waals surface area contributed by atoms with Crippen molar-refractivity contribution in [2.24, 2.45) is 10.9 Å². The second-order valence-corrected chi connectivity index (χ2v) is 8.33. The fourth-order valence-corrected chi connectivity index (χ4v) is 3.84. The molecular weight excluding hydrogens is 446 g/mol. The predicted octanol–water partition coefficient (Wildman–Crippen LogP) is 3.39. The molecule has 1 aliphatic heterocycles. The van der Waals surface area contributed by atoms with Gasteiger partial charge in [0.15, 0.2) is 6.10 Å². The number of nitrogens with two attached hydrogens (primary N) is 1. The maximum absolute atomic E-state index is 12.4. The average Bonchev–Trinajstić information content (AvgIpc) is 3.37. The monoisotopic (exact) mass is 471 g/mol. The van der Waals surface area contributed by atoms with Gasteiger partial charge in [0.1, 0.15) is 11.8 Å². The molecule has 2 atom stereocenters. The lowest BCUT2D eigenvalue weighted by Gasteiger charge is -2.13. The van der Waals surface area contributed by atoms with Gasteiger partial charge in [-0.3, -0.25) is 9.59 Å². The lowest BCUT2D eigenvalue weighted by Crippen LogP contribution is -2.40. The summed E-state index contributed by atoms with van der Waals surface area (Å²) in [6.45, 7) is 1.72. The summed E-state index contributed by atoms with van der Waals surface area (Å²) in [4.78, 5) is 40.6. The van der Waals surface area contributed by atoms with Gasteiger partial charge in [-0.1, -0.05) is 65.8 Å². The maximum Gasteiger partial charge on any atom is 0.336 e. The van der Waals surface area contributed by atoms with Crippen LogP contribution in [0.25, 0.3) is 11.1 Å². The second kappa shape index (κ2) is 10.3. The van der Waals surface area contributed by atoms with E-state index in [9.17, 15) is 19.5 Å². The molecule has 1 heterocycles. The third kappa shape index (κ3) is 5.44. The molecule has 178 valence electrons. The van der Waals surface area contributed by atoms with E-state index >= 15 is 0 Å². The van der Waals surface area contributed by atoms with Crippen molar-refractivity contribution in [2.75, 3.05) is 0 Å². The van der Waals surface area contributed by atoms with Crippen molar-refractivity contribution in [2.45, 2.75) is 32.0 Å². The fraction of sp³-hybridized carbons (Fsp3) is 0.185. The Balaban J connectivity index is 1.37. The number of oxime groups is 1. The number of nitrogens with one attached hydrogen (secondary N) is 1. The quantitative estimate of drug-likeness (QED) is 0.462. The number of amides is 1. The summed E-state index contributed by atoms with van der Waals surface area (Å²) < 4.78 is 0. The van der Waals surface area contributed by atoms with E-state index in [4.69, 9.17) is 10.6 Å². The molecule has 0 saturated carbocycles. The molecule has 0 spiro atoms. The second-order valence-electron chi connectivity index (χ2n) is 8.33. The molecule has 8 nitrogen and oxygen atoms in total. The molecule has 0 aromatic heterocycles. The van der Waals surface area contributed by atoms with Crippen LogP contribution in [0.2, 0.25) is 0 Å². The number of benzene rings is 3. The first kappa shape index (κ1) is 23.8. The Morgan fingerprint density at radius 1 is 0.971 bits per heavy atom. The Bertz CT molecular complexity index is 1280. The van der Waals surface area contributed by atoms with Gasteiger partial charge in [-0.15, -0.1) is 0 Å². The van der Waals surface area contributed by atoms with Crippen LogP contribution in [0.15, 0.2) is 78.0 Å². The minimum absolute atomic E-state index is 0.0313. The van der Waals surface area contributed by atoms with Crippen LogP contribution >= 0.6 is 0 Å². The van der Waals surface area contributed by atoms with Gasteiger partial charge in [-0.2, -0.15) is 0 Å². The molecule has 1 aliphatic rings. The van der Waals surface area contributed by atoms with E-state index < -0.39 is 24.0 Å². The summed E-state index contributed by atoms with van der Waals surface area (Å²) in [5, 5.41) is 16.1. The van der Waals surface area contributed by atoms with Gasteiger partial charge in [0, 0.05) is 13.0 Å². The van der Waals surface area contributed by atoms with Crippen molar-refractivity contribution in [3.63, 3.8) is 0 Å². The Morgan fingerprint density at radius 2 is 1.54 bits per heavy atom. The molecule has 1 unspecified atom stereocenters. The molecular formula is C27H25N3O5. The minimum Gasteiger partial charge on any atom is -0.478 e. The van der Waals surface area contributed by atoms with Crippen LogP contribution in [0.1, 0.15) is 45.2 Å². The summed E-state index contributed by atoms with van der Waals surface area (Å²) in [5.41, 5.74) is 10.5. The van der Waals surface area contributed by atoms with E-state index in [1.54, 1.807) is 12.1 Å². The zero-order valence-electron chi connectivity index (χ0n) is 19.1. The van der Waals surface area contributed by atoms with Crippen LogP contribution in [0, 0.1) is 0 Å².